The van der Waals surface area contributed by atoms with Gasteiger partial charge in [0.1, 0.15) is 11.5 Å². The van der Waals surface area contributed by atoms with Crippen LogP contribution in [0.5, 0.6) is 0 Å². The first kappa shape index (κ1) is 24.2. The number of alkyl halides is 1. The highest BCUT2D eigenvalue weighted by Gasteiger charge is 2.39. The molecule has 2 unspecified atom stereocenters. The zero-order valence-corrected chi connectivity index (χ0v) is 20.3. The predicted octanol–water partition coefficient (Wildman–Crippen LogP) is 4.55. The van der Waals surface area contributed by atoms with Crippen molar-refractivity contribution in [1.82, 2.24) is 9.88 Å². The van der Waals surface area contributed by atoms with Crippen LogP contribution >= 0.6 is 0 Å². The predicted molar refractivity (Wildman–Crippen MR) is 134 cm³/mol. The Morgan fingerprint density at radius 2 is 2.26 bits per heavy atom. The van der Waals surface area contributed by atoms with Crippen LogP contribution in [0, 0.1) is 0 Å². The van der Waals surface area contributed by atoms with Crippen LogP contribution in [0.3, 0.4) is 0 Å². The molecular formula is C28H36FN3O3. The number of hydrogen-bond acceptors (Lipinski definition) is 5. The van der Waals surface area contributed by atoms with Gasteiger partial charge in [0.25, 0.3) is 0 Å². The molecule has 0 radical (unpaired) electrons. The third-order valence-electron chi connectivity index (χ3n) is 7.85. The number of rotatable bonds is 9. The monoisotopic (exact) mass is 481 g/mol. The van der Waals surface area contributed by atoms with Crippen LogP contribution in [-0.2, 0) is 22.4 Å². The second kappa shape index (κ2) is 10.6. The SMILES string of the molecule is O=C(O)C[C@H](CN1CCC(F)(CCc2ccc3c(n2)NCCC3)C1)c1cccc(C2CCOC2)c1. The highest BCUT2D eigenvalue weighted by atomic mass is 19.1. The maximum Gasteiger partial charge on any atom is 0.304 e. The first-order chi connectivity index (χ1) is 17.0. The van der Waals surface area contributed by atoms with E-state index >= 15 is 4.39 Å². The molecule has 0 saturated carbocycles. The average Bonchev–Trinajstić information content (AvgIpc) is 3.53. The van der Waals surface area contributed by atoms with Gasteiger partial charge in [-0.2, -0.15) is 0 Å². The van der Waals surface area contributed by atoms with Gasteiger partial charge in [0.15, 0.2) is 0 Å². The van der Waals surface area contributed by atoms with E-state index in [2.05, 4.69) is 28.4 Å². The zero-order chi connectivity index (χ0) is 24.3. The number of carboxylic acid groups (broad SMARTS) is 1. The number of nitrogens with one attached hydrogen (secondary N) is 1. The van der Waals surface area contributed by atoms with E-state index < -0.39 is 11.6 Å². The minimum Gasteiger partial charge on any atom is -0.481 e. The van der Waals surface area contributed by atoms with Gasteiger partial charge in [0.2, 0.25) is 0 Å². The summed E-state index contributed by atoms with van der Waals surface area (Å²) in [6, 6.07) is 12.4. The largest absolute Gasteiger partial charge is 0.481 e. The Kier molecular flexibility index (Phi) is 7.35. The first-order valence-electron chi connectivity index (χ1n) is 13.0. The number of anilines is 1. The van der Waals surface area contributed by atoms with E-state index in [9.17, 15) is 9.90 Å². The van der Waals surface area contributed by atoms with Crippen molar-refractivity contribution in [3.63, 3.8) is 0 Å². The van der Waals surface area contributed by atoms with E-state index in [4.69, 9.17) is 9.72 Å². The molecule has 5 rings (SSSR count). The van der Waals surface area contributed by atoms with Crippen molar-refractivity contribution in [3.05, 3.63) is 58.8 Å². The van der Waals surface area contributed by atoms with Crippen LogP contribution in [0.15, 0.2) is 36.4 Å². The molecule has 3 aliphatic rings. The number of aromatic nitrogens is 1. The molecular weight excluding hydrogens is 445 g/mol. The smallest absolute Gasteiger partial charge is 0.304 e. The van der Waals surface area contributed by atoms with Crippen molar-refractivity contribution in [2.24, 2.45) is 0 Å². The van der Waals surface area contributed by atoms with E-state index in [1.807, 2.05) is 18.2 Å². The Morgan fingerprint density at radius 1 is 1.34 bits per heavy atom. The highest BCUT2D eigenvalue weighted by Crippen LogP contribution is 2.34. The number of hydrogen-bond donors (Lipinski definition) is 2. The summed E-state index contributed by atoms with van der Waals surface area (Å²) in [7, 11) is 0. The number of nitrogens with zero attached hydrogens (tertiary/aromatic N) is 2. The molecule has 6 nitrogen and oxygen atoms in total. The molecule has 2 saturated heterocycles. The van der Waals surface area contributed by atoms with Gasteiger partial charge in [-0.3, -0.25) is 9.69 Å². The Balaban J connectivity index is 1.21. The van der Waals surface area contributed by atoms with Crippen LogP contribution in [0.1, 0.15) is 66.3 Å². The fourth-order valence-electron chi connectivity index (χ4n) is 5.81. The van der Waals surface area contributed by atoms with Gasteiger partial charge in [-0.05, 0) is 61.3 Å². The second-order valence-corrected chi connectivity index (χ2v) is 10.5. The number of halogens is 1. The number of ether oxygens (including phenoxy) is 1. The molecule has 2 aromatic rings. The number of fused-ring (bicyclic) bond motifs is 1. The number of pyridine rings is 1. The van der Waals surface area contributed by atoms with Crippen molar-refractivity contribution in [1.29, 1.82) is 0 Å². The summed E-state index contributed by atoms with van der Waals surface area (Å²) >= 11 is 0. The fraction of sp³-hybridized carbons (Fsp3) is 0.571. The summed E-state index contributed by atoms with van der Waals surface area (Å²) in [5.74, 6) is 0.351. The lowest BCUT2D eigenvalue weighted by molar-refractivity contribution is -0.137. The lowest BCUT2D eigenvalue weighted by atomic mass is 9.90. The maximum atomic E-state index is 15.8. The summed E-state index contributed by atoms with van der Waals surface area (Å²) in [6.45, 7) is 4.00. The third kappa shape index (κ3) is 6.01. The number of aryl methyl sites for hydroxylation is 2. The van der Waals surface area contributed by atoms with Crippen LogP contribution < -0.4 is 5.32 Å². The van der Waals surface area contributed by atoms with E-state index in [0.717, 1.165) is 56.1 Å². The van der Waals surface area contributed by atoms with Crippen molar-refractivity contribution >= 4 is 11.8 Å². The Labute approximate surface area is 206 Å². The Hall–Kier alpha value is -2.51. The van der Waals surface area contributed by atoms with E-state index in [-0.39, 0.29) is 12.3 Å². The molecule has 1 aromatic carbocycles. The normalized spacial score (nSPS) is 25.2. The zero-order valence-electron chi connectivity index (χ0n) is 20.3. The lowest BCUT2D eigenvalue weighted by Gasteiger charge is -2.25. The standard InChI is InChI=1S/C28H36FN3O3/c29-28(10-8-25-7-6-20-5-2-12-30-27(20)31-25)11-13-32(19-28)17-24(16-26(33)34)22-4-1-3-21(15-22)23-9-14-35-18-23/h1,3-4,6-7,15,23-24H,2,5,8-14,16-19H2,(H,30,31)(H,33,34)/t23?,24-,28?/m1/s1. The summed E-state index contributed by atoms with van der Waals surface area (Å²) < 4.78 is 21.3. The molecule has 0 amide bonds. The summed E-state index contributed by atoms with van der Waals surface area (Å²) in [4.78, 5) is 18.5. The summed E-state index contributed by atoms with van der Waals surface area (Å²) in [5, 5.41) is 12.9. The molecule has 188 valence electrons. The third-order valence-corrected chi connectivity index (χ3v) is 7.85. The highest BCUT2D eigenvalue weighted by molar-refractivity contribution is 5.68. The van der Waals surface area contributed by atoms with Gasteiger partial charge in [0.05, 0.1) is 13.0 Å². The van der Waals surface area contributed by atoms with Crippen LogP contribution in [0.25, 0.3) is 0 Å². The van der Waals surface area contributed by atoms with E-state index in [1.54, 1.807) is 0 Å². The van der Waals surface area contributed by atoms with Gasteiger partial charge < -0.3 is 15.2 Å². The van der Waals surface area contributed by atoms with Gasteiger partial charge >= 0.3 is 5.97 Å². The van der Waals surface area contributed by atoms with Crippen LogP contribution in [-0.4, -0.2) is 66.0 Å². The number of benzene rings is 1. The average molecular weight is 482 g/mol. The Morgan fingerprint density at radius 3 is 3.09 bits per heavy atom. The molecule has 0 aliphatic carbocycles. The van der Waals surface area contributed by atoms with Crippen LogP contribution in [0.2, 0.25) is 0 Å². The van der Waals surface area contributed by atoms with Crippen molar-refractivity contribution in [2.75, 3.05) is 44.7 Å². The van der Waals surface area contributed by atoms with Crippen molar-refractivity contribution < 1.29 is 19.0 Å². The molecule has 35 heavy (non-hydrogen) atoms. The molecule has 1 aromatic heterocycles. The van der Waals surface area contributed by atoms with Crippen molar-refractivity contribution in [3.8, 4) is 0 Å². The second-order valence-electron chi connectivity index (χ2n) is 10.5. The minimum absolute atomic E-state index is 0.0481. The first-order valence-corrected chi connectivity index (χ1v) is 13.0. The molecule has 7 heteroatoms. The number of carboxylic acids is 1. The molecule has 0 bridgehead atoms. The molecule has 3 aliphatic heterocycles. The topological polar surface area (TPSA) is 74.7 Å². The quantitative estimate of drug-likeness (QED) is 0.548. The number of carbonyl (C=O) groups is 1. The van der Waals surface area contributed by atoms with Gasteiger partial charge in [-0.25, -0.2) is 9.37 Å². The van der Waals surface area contributed by atoms with Crippen molar-refractivity contribution in [2.45, 2.75) is 62.5 Å². The molecule has 0 spiro atoms. The maximum absolute atomic E-state index is 15.8. The molecule has 2 fully saturated rings. The summed E-state index contributed by atoms with van der Waals surface area (Å²) in [5.41, 5.74) is 3.16. The molecule has 2 N–H and O–H groups in total. The van der Waals surface area contributed by atoms with E-state index in [0.29, 0.717) is 44.8 Å². The Bertz CT molecular complexity index is 1040. The van der Waals surface area contributed by atoms with Gasteiger partial charge in [-0.15, -0.1) is 0 Å². The molecule has 3 atom stereocenters. The molecule has 4 heterocycles. The van der Waals surface area contributed by atoms with Crippen LogP contribution in [0.4, 0.5) is 10.2 Å². The fourth-order valence-corrected chi connectivity index (χ4v) is 5.81. The number of likely N-dealkylation sites (tertiary alicyclic amines) is 1. The van der Waals surface area contributed by atoms with Gasteiger partial charge in [-0.1, -0.05) is 30.3 Å². The van der Waals surface area contributed by atoms with E-state index in [1.165, 1.54) is 11.1 Å². The summed E-state index contributed by atoms with van der Waals surface area (Å²) in [6.07, 6.45) is 4.76. The number of aliphatic carboxylic acids is 1. The minimum atomic E-state index is -1.26. The van der Waals surface area contributed by atoms with Gasteiger partial charge in [0, 0.05) is 50.3 Å². The lowest BCUT2D eigenvalue weighted by Crippen LogP contribution is -2.33.